The highest BCUT2D eigenvalue weighted by Gasteiger charge is 1.85. The van der Waals surface area contributed by atoms with Crippen LogP contribution >= 0.6 is 0 Å². The molecule has 0 aliphatic rings. The molecule has 56 valence electrons. The van der Waals surface area contributed by atoms with Gasteiger partial charge in [-0.2, -0.15) is 0 Å². The first-order chi connectivity index (χ1) is 4.70. The van der Waals surface area contributed by atoms with Crippen molar-refractivity contribution in [3.8, 4) is 0 Å². The number of amides is 1. The summed E-state index contributed by atoms with van der Waals surface area (Å²) < 4.78 is 0. The van der Waals surface area contributed by atoms with Gasteiger partial charge < -0.3 is 4.90 Å². The Morgan fingerprint density at radius 1 is 1.50 bits per heavy atom. The number of carbonyl (C=O) groups is 1. The van der Waals surface area contributed by atoms with Gasteiger partial charge in [-0.15, -0.1) is 0 Å². The molecule has 0 spiro atoms. The Bertz CT molecular complexity index is 159. The molecule has 0 heterocycles. The number of nitrogens with zero attached hydrogens (tertiary/aromatic N) is 1. The van der Waals surface area contributed by atoms with E-state index in [0.717, 1.165) is 12.0 Å². The van der Waals surface area contributed by atoms with E-state index in [-0.39, 0.29) is 0 Å². The lowest BCUT2D eigenvalue weighted by Gasteiger charge is -2.02. The first kappa shape index (κ1) is 8.95. The van der Waals surface area contributed by atoms with Crippen molar-refractivity contribution in [2.75, 3.05) is 7.05 Å². The number of carbonyl (C=O) groups excluding carboxylic acids is 1. The van der Waals surface area contributed by atoms with Crippen LogP contribution in [-0.4, -0.2) is 18.4 Å². The van der Waals surface area contributed by atoms with Gasteiger partial charge in [0.25, 0.3) is 0 Å². The maximum atomic E-state index is 10.1. The van der Waals surface area contributed by atoms with Crippen LogP contribution in [0.15, 0.2) is 23.9 Å². The van der Waals surface area contributed by atoms with Crippen LogP contribution < -0.4 is 0 Å². The van der Waals surface area contributed by atoms with Crippen molar-refractivity contribution in [3.05, 3.63) is 23.9 Å². The summed E-state index contributed by atoms with van der Waals surface area (Å²) in [6.45, 7) is 3.89. The van der Waals surface area contributed by atoms with Gasteiger partial charge in [0.1, 0.15) is 0 Å². The largest absolute Gasteiger partial charge is 0.324 e. The molecule has 0 saturated carbocycles. The SMILES string of the molecule is C/C=C\C(C)=C/N(C)C=O. The van der Waals surface area contributed by atoms with E-state index in [0.29, 0.717) is 0 Å². The van der Waals surface area contributed by atoms with Gasteiger partial charge in [-0.05, 0) is 19.4 Å². The summed E-state index contributed by atoms with van der Waals surface area (Å²) >= 11 is 0. The molecular formula is C8H13NO. The maximum Gasteiger partial charge on any atom is 0.213 e. The van der Waals surface area contributed by atoms with E-state index in [1.807, 2.05) is 26.0 Å². The summed E-state index contributed by atoms with van der Waals surface area (Å²) in [4.78, 5) is 11.6. The van der Waals surface area contributed by atoms with Gasteiger partial charge in [0.15, 0.2) is 0 Å². The number of hydrogen-bond donors (Lipinski definition) is 0. The average molecular weight is 139 g/mol. The van der Waals surface area contributed by atoms with Crippen LogP contribution in [0.25, 0.3) is 0 Å². The van der Waals surface area contributed by atoms with Gasteiger partial charge in [0.2, 0.25) is 6.41 Å². The summed E-state index contributed by atoms with van der Waals surface area (Å²) in [7, 11) is 1.71. The zero-order valence-electron chi connectivity index (χ0n) is 6.66. The van der Waals surface area contributed by atoms with Gasteiger partial charge in [-0.1, -0.05) is 12.2 Å². The smallest absolute Gasteiger partial charge is 0.213 e. The van der Waals surface area contributed by atoms with Crippen LogP contribution in [0.3, 0.4) is 0 Å². The molecule has 0 N–H and O–H groups in total. The summed E-state index contributed by atoms with van der Waals surface area (Å²) in [6.07, 6.45) is 6.42. The van der Waals surface area contributed by atoms with Crippen molar-refractivity contribution in [2.24, 2.45) is 0 Å². The molecule has 0 aliphatic heterocycles. The van der Waals surface area contributed by atoms with Gasteiger partial charge in [0.05, 0.1) is 0 Å². The third-order valence-corrected chi connectivity index (χ3v) is 1.00. The minimum absolute atomic E-state index is 0.771. The van der Waals surface area contributed by atoms with Gasteiger partial charge in [-0.3, -0.25) is 4.79 Å². The highest BCUT2D eigenvalue weighted by molar-refractivity contribution is 5.48. The molecule has 0 atom stereocenters. The van der Waals surface area contributed by atoms with E-state index >= 15 is 0 Å². The van der Waals surface area contributed by atoms with Crippen molar-refractivity contribution in [2.45, 2.75) is 13.8 Å². The fourth-order valence-electron chi connectivity index (χ4n) is 0.658. The van der Waals surface area contributed by atoms with Crippen LogP contribution in [-0.2, 0) is 4.79 Å². The van der Waals surface area contributed by atoms with Crippen LogP contribution in [0, 0.1) is 0 Å². The Morgan fingerprint density at radius 2 is 2.10 bits per heavy atom. The molecule has 2 nitrogen and oxygen atoms in total. The van der Waals surface area contributed by atoms with Crippen molar-refractivity contribution in [1.29, 1.82) is 0 Å². The third kappa shape index (κ3) is 3.89. The molecule has 0 aromatic rings. The van der Waals surface area contributed by atoms with Gasteiger partial charge in [-0.25, -0.2) is 0 Å². The predicted octanol–water partition coefficient (Wildman–Crippen LogP) is 1.55. The van der Waals surface area contributed by atoms with E-state index in [1.165, 1.54) is 4.90 Å². The number of allylic oxidation sites excluding steroid dienone is 3. The van der Waals surface area contributed by atoms with Crippen LogP contribution in [0.2, 0.25) is 0 Å². The molecule has 0 saturated heterocycles. The van der Waals surface area contributed by atoms with Crippen molar-refractivity contribution < 1.29 is 4.79 Å². The van der Waals surface area contributed by atoms with E-state index in [1.54, 1.807) is 13.2 Å². The molecule has 1 amide bonds. The Kier molecular flexibility index (Phi) is 4.29. The molecule has 0 radical (unpaired) electrons. The second-order valence-electron chi connectivity index (χ2n) is 2.14. The Morgan fingerprint density at radius 3 is 2.50 bits per heavy atom. The monoisotopic (exact) mass is 139 g/mol. The lowest BCUT2D eigenvalue weighted by Crippen LogP contribution is -2.06. The topological polar surface area (TPSA) is 20.3 Å². The Labute approximate surface area is 61.8 Å². The summed E-state index contributed by atoms with van der Waals surface area (Å²) in [5, 5.41) is 0. The lowest BCUT2D eigenvalue weighted by molar-refractivity contribution is -0.115. The van der Waals surface area contributed by atoms with Crippen LogP contribution in [0.5, 0.6) is 0 Å². The molecule has 0 aromatic carbocycles. The third-order valence-electron chi connectivity index (χ3n) is 1.00. The van der Waals surface area contributed by atoms with Crippen LogP contribution in [0.4, 0.5) is 0 Å². The molecule has 0 unspecified atom stereocenters. The van der Waals surface area contributed by atoms with E-state index in [9.17, 15) is 4.79 Å². The van der Waals surface area contributed by atoms with Crippen molar-refractivity contribution in [3.63, 3.8) is 0 Å². The van der Waals surface area contributed by atoms with E-state index in [2.05, 4.69) is 0 Å². The lowest BCUT2D eigenvalue weighted by atomic mass is 10.3. The normalized spacial score (nSPS) is 12.1. The zero-order chi connectivity index (χ0) is 7.98. The second kappa shape index (κ2) is 4.79. The van der Waals surface area contributed by atoms with E-state index < -0.39 is 0 Å². The molecule has 2 heteroatoms. The molecule has 10 heavy (non-hydrogen) atoms. The highest BCUT2D eigenvalue weighted by Crippen LogP contribution is 1.94. The second-order valence-corrected chi connectivity index (χ2v) is 2.14. The molecule has 0 bridgehead atoms. The summed E-state index contributed by atoms with van der Waals surface area (Å²) in [6, 6.07) is 0. The summed E-state index contributed by atoms with van der Waals surface area (Å²) in [5.41, 5.74) is 1.07. The fourth-order valence-corrected chi connectivity index (χ4v) is 0.658. The predicted molar refractivity (Wildman–Crippen MR) is 42.4 cm³/mol. The Hall–Kier alpha value is -1.05. The minimum atomic E-state index is 0.771. The fraction of sp³-hybridized carbons (Fsp3) is 0.375. The standard InChI is InChI=1S/C8H13NO/c1-4-5-8(2)6-9(3)7-10/h4-7H,1-3H3/b5-4-,8-6-. The zero-order valence-corrected chi connectivity index (χ0v) is 6.66. The molecule has 0 aliphatic carbocycles. The minimum Gasteiger partial charge on any atom is -0.324 e. The highest BCUT2D eigenvalue weighted by atomic mass is 16.1. The number of hydrogen-bond acceptors (Lipinski definition) is 1. The van der Waals surface area contributed by atoms with E-state index in [4.69, 9.17) is 0 Å². The Balaban J connectivity index is 4.01. The first-order valence-electron chi connectivity index (χ1n) is 3.19. The van der Waals surface area contributed by atoms with Crippen LogP contribution in [0.1, 0.15) is 13.8 Å². The molecule has 0 aromatic heterocycles. The maximum absolute atomic E-state index is 10.1. The number of rotatable bonds is 3. The molecule has 0 fully saturated rings. The van der Waals surface area contributed by atoms with Gasteiger partial charge >= 0.3 is 0 Å². The first-order valence-corrected chi connectivity index (χ1v) is 3.19. The van der Waals surface area contributed by atoms with Gasteiger partial charge in [0, 0.05) is 13.2 Å². The molecular weight excluding hydrogens is 126 g/mol. The average Bonchev–Trinajstić information content (AvgIpc) is 1.88. The quantitative estimate of drug-likeness (QED) is 0.429. The molecule has 0 rings (SSSR count). The summed E-state index contributed by atoms with van der Waals surface area (Å²) in [5.74, 6) is 0. The van der Waals surface area contributed by atoms with Crippen molar-refractivity contribution in [1.82, 2.24) is 4.90 Å². The van der Waals surface area contributed by atoms with Crippen molar-refractivity contribution >= 4 is 6.41 Å².